The second-order valence-corrected chi connectivity index (χ2v) is 8.56. The van der Waals surface area contributed by atoms with Crippen molar-refractivity contribution >= 4 is 57.9 Å². The average molecular weight is 476 g/mol. The molecule has 0 radical (unpaired) electrons. The lowest BCUT2D eigenvalue weighted by molar-refractivity contribution is 0.102. The van der Waals surface area contributed by atoms with Crippen molar-refractivity contribution in [1.82, 2.24) is 9.97 Å². The number of amides is 1. The number of fused-ring (bicyclic) bond motifs is 6. The lowest BCUT2D eigenvalue weighted by Gasteiger charge is -2.13. The molecule has 33 heavy (non-hydrogen) atoms. The summed E-state index contributed by atoms with van der Waals surface area (Å²) >= 11 is 12.3. The highest BCUT2D eigenvalue weighted by atomic mass is 35.5. The minimum atomic E-state index is -0.218. The number of nitrogens with one attached hydrogen (secondary N) is 3. The van der Waals surface area contributed by atoms with Crippen molar-refractivity contribution in [2.45, 2.75) is 12.8 Å². The van der Waals surface area contributed by atoms with Crippen molar-refractivity contribution in [2.75, 3.05) is 16.0 Å². The first-order valence-corrected chi connectivity index (χ1v) is 11.1. The van der Waals surface area contributed by atoms with Gasteiger partial charge in [-0.3, -0.25) is 4.79 Å². The molecule has 6 bridgehead atoms. The number of carbonyl (C=O) groups excluding carboxylic acids is 1. The summed E-state index contributed by atoms with van der Waals surface area (Å²) in [6.45, 7) is 0. The van der Waals surface area contributed by atoms with Crippen LogP contribution in [0.15, 0.2) is 72.9 Å². The third-order valence-corrected chi connectivity index (χ3v) is 5.78. The van der Waals surface area contributed by atoms with Gasteiger partial charge in [0.05, 0.1) is 6.20 Å². The number of aryl methyl sites for hydroxylation is 2. The number of hydrogen-bond acceptors (Lipinski definition) is 5. The molecule has 1 aromatic heterocycles. The van der Waals surface area contributed by atoms with Crippen LogP contribution in [0.3, 0.4) is 0 Å². The lowest BCUT2D eigenvalue weighted by atomic mass is 10.0. The zero-order chi connectivity index (χ0) is 22.8. The molecule has 0 saturated heterocycles. The van der Waals surface area contributed by atoms with Crippen molar-refractivity contribution in [3.63, 3.8) is 0 Å². The Morgan fingerprint density at radius 1 is 0.879 bits per heavy atom. The van der Waals surface area contributed by atoms with E-state index in [1.54, 1.807) is 36.5 Å². The molecule has 0 saturated carbocycles. The zero-order valence-electron chi connectivity index (χ0n) is 17.4. The number of aromatic nitrogens is 2. The average Bonchev–Trinajstić information content (AvgIpc) is 2.81. The third kappa shape index (κ3) is 5.08. The van der Waals surface area contributed by atoms with Crippen LogP contribution in [0, 0.1) is 0 Å². The first kappa shape index (κ1) is 21.2. The molecule has 1 amide bonds. The molecule has 0 spiro atoms. The van der Waals surface area contributed by atoms with Crippen molar-refractivity contribution in [2.24, 2.45) is 0 Å². The topological polar surface area (TPSA) is 78.9 Å². The van der Waals surface area contributed by atoms with Crippen LogP contribution >= 0.6 is 23.2 Å². The van der Waals surface area contributed by atoms with Crippen LogP contribution in [-0.2, 0) is 12.8 Å². The van der Waals surface area contributed by atoms with E-state index in [0.29, 0.717) is 38.7 Å². The van der Waals surface area contributed by atoms with Gasteiger partial charge in [-0.1, -0.05) is 35.3 Å². The number of halogens is 2. The highest BCUT2D eigenvalue weighted by Gasteiger charge is 2.13. The maximum absolute atomic E-state index is 13.0. The molecule has 5 rings (SSSR count). The minimum Gasteiger partial charge on any atom is -0.339 e. The van der Waals surface area contributed by atoms with Gasteiger partial charge >= 0.3 is 0 Å². The van der Waals surface area contributed by atoms with Gasteiger partial charge in [0.1, 0.15) is 5.02 Å². The fourth-order valence-corrected chi connectivity index (χ4v) is 3.91. The molecule has 0 fully saturated rings. The molecule has 3 N–H and O–H groups in total. The molecule has 8 heteroatoms. The van der Waals surface area contributed by atoms with E-state index in [-0.39, 0.29) is 5.91 Å². The van der Waals surface area contributed by atoms with Gasteiger partial charge in [-0.25, -0.2) is 4.98 Å². The Labute approximate surface area is 201 Å². The van der Waals surface area contributed by atoms with Gasteiger partial charge in [0, 0.05) is 27.6 Å². The first-order valence-electron chi connectivity index (χ1n) is 10.4. The predicted octanol–water partition coefficient (Wildman–Crippen LogP) is 6.62. The summed E-state index contributed by atoms with van der Waals surface area (Å²) in [6, 6.07) is 20.8. The maximum atomic E-state index is 13.0. The molecule has 4 aromatic rings. The van der Waals surface area contributed by atoms with Crippen LogP contribution in [0.25, 0.3) is 0 Å². The maximum Gasteiger partial charge on any atom is 0.255 e. The van der Waals surface area contributed by atoms with E-state index >= 15 is 0 Å². The normalized spacial score (nSPS) is 12.3. The van der Waals surface area contributed by atoms with E-state index < -0.39 is 0 Å². The predicted molar refractivity (Wildman–Crippen MR) is 133 cm³/mol. The highest BCUT2D eigenvalue weighted by Crippen LogP contribution is 2.28. The van der Waals surface area contributed by atoms with E-state index in [0.717, 1.165) is 24.1 Å². The molecule has 0 aliphatic carbocycles. The van der Waals surface area contributed by atoms with Crippen LogP contribution < -0.4 is 16.0 Å². The second-order valence-electron chi connectivity index (χ2n) is 7.72. The summed E-state index contributed by atoms with van der Waals surface area (Å²) in [4.78, 5) is 21.8. The molecule has 164 valence electrons. The van der Waals surface area contributed by atoms with Crippen molar-refractivity contribution < 1.29 is 4.79 Å². The standard InChI is InChI=1S/C25H19Cl2N5O/c26-18-6-8-19(9-7-18)30-24(33)17-10-16-5-4-15-2-1-3-20(11-15)31-25-28-14-22(27)23(32-25)29-21(12-16)13-17/h1-3,6-14H,4-5H2,(H,30,33)(H2,28,29,31,32). The summed E-state index contributed by atoms with van der Waals surface area (Å²) < 4.78 is 0. The Bertz CT molecular complexity index is 1340. The molecule has 1 aliphatic heterocycles. The zero-order valence-corrected chi connectivity index (χ0v) is 18.9. The molecule has 3 aromatic carbocycles. The SMILES string of the molecule is O=C(Nc1ccc(Cl)cc1)c1cc2cc(c1)Nc1nc(ncc1Cl)Nc1cccc(c1)CC2. The summed E-state index contributed by atoms with van der Waals surface area (Å²) in [5, 5.41) is 10.4. The van der Waals surface area contributed by atoms with Crippen LogP contribution in [-0.4, -0.2) is 15.9 Å². The minimum absolute atomic E-state index is 0.218. The number of rotatable bonds is 2. The number of hydrogen-bond donors (Lipinski definition) is 3. The van der Waals surface area contributed by atoms with Gasteiger partial charge in [0.25, 0.3) is 5.91 Å². The van der Waals surface area contributed by atoms with E-state index in [1.165, 1.54) is 5.56 Å². The second kappa shape index (κ2) is 9.10. The van der Waals surface area contributed by atoms with Gasteiger partial charge in [0.2, 0.25) is 5.95 Å². The molecule has 6 nitrogen and oxygen atoms in total. The van der Waals surface area contributed by atoms with Crippen LogP contribution in [0.1, 0.15) is 21.5 Å². The summed E-state index contributed by atoms with van der Waals surface area (Å²) in [7, 11) is 0. The number of benzene rings is 3. The number of anilines is 5. The van der Waals surface area contributed by atoms with Crippen LogP contribution in [0.4, 0.5) is 28.8 Å². The Kier molecular flexibility index (Phi) is 5.86. The summed E-state index contributed by atoms with van der Waals surface area (Å²) in [6.07, 6.45) is 3.12. The van der Waals surface area contributed by atoms with E-state index in [1.807, 2.05) is 24.3 Å². The molecule has 0 atom stereocenters. The van der Waals surface area contributed by atoms with Crippen molar-refractivity contribution in [3.05, 3.63) is 99.7 Å². The van der Waals surface area contributed by atoms with Gasteiger partial charge < -0.3 is 16.0 Å². The van der Waals surface area contributed by atoms with E-state index in [4.69, 9.17) is 23.2 Å². The quantitative estimate of drug-likeness (QED) is 0.303. The van der Waals surface area contributed by atoms with Crippen LogP contribution in [0.2, 0.25) is 10.0 Å². The Hall–Kier alpha value is -3.61. The fourth-order valence-electron chi connectivity index (χ4n) is 3.65. The van der Waals surface area contributed by atoms with Gasteiger partial charge in [-0.05, 0) is 78.6 Å². The third-order valence-electron chi connectivity index (χ3n) is 5.25. The van der Waals surface area contributed by atoms with Crippen molar-refractivity contribution in [1.29, 1.82) is 0 Å². The van der Waals surface area contributed by atoms with Gasteiger partial charge in [-0.15, -0.1) is 0 Å². The molecule has 2 heterocycles. The first-order chi connectivity index (χ1) is 16.0. The molecule has 1 aliphatic rings. The Balaban J connectivity index is 1.53. The van der Waals surface area contributed by atoms with Crippen molar-refractivity contribution in [3.8, 4) is 0 Å². The number of carbonyl (C=O) groups is 1. The van der Waals surface area contributed by atoms with Gasteiger partial charge in [0.15, 0.2) is 5.82 Å². The van der Waals surface area contributed by atoms with E-state index in [2.05, 4.69) is 38.1 Å². The molecule has 0 unspecified atom stereocenters. The highest BCUT2D eigenvalue weighted by molar-refractivity contribution is 6.33. The fraction of sp³-hybridized carbons (Fsp3) is 0.0800. The van der Waals surface area contributed by atoms with E-state index in [9.17, 15) is 4.79 Å². The monoisotopic (exact) mass is 475 g/mol. The Morgan fingerprint density at radius 2 is 1.67 bits per heavy atom. The Morgan fingerprint density at radius 3 is 2.52 bits per heavy atom. The summed E-state index contributed by atoms with van der Waals surface area (Å²) in [5.41, 5.74) is 4.99. The molecular formula is C25H19Cl2N5O. The van der Waals surface area contributed by atoms with Crippen LogP contribution in [0.5, 0.6) is 0 Å². The van der Waals surface area contributed by atoms with Gasteiger partial charge in [-0.2, -0.15) is 4.98 Å². The smallest absolute Gasteiger partial charge is 0.255 e. The number of nitrogens with zero attached hydrogens (tertiary/aromatic N) is 2. The lowest BCUT2D eigenvalue weighted by Crippen LogP contribution is -2.13. The summed E-state index contributed by atoms with van der Waals surface area (Å²) in [5.74, 6) is 0.658. The molecular weight excluding hydrogens is 457 g/mol. The largest absolute Gasteiger partial charge is 0.339 e.